The molecule has 2 heterocycles. The number of hydrogen-bond donors (Lipinski definition) is 0. The number of hydrogen-bond acceptors (Lipinski definition) is 0. The van der Waals surface area contributed by atoms with Crippen molar-refractivity contribution in [2.45, 2.75) is 0 Å². The summed E-state index contributed by atoms with van der Waals surface area (Å²) in [6.45, 7) is 0. The Morgan fingerprint density at radius 1 is 0.421 bits per heavy atom. The second kappa shape index (κ2) is 8.09. The van der Waals surface area contributed by atoms with Gasteiger partial charge in [-0.1, -0.05) is 138 Å². The van der Waals surface area contributed by atoms with E-state index >= 15 is 0 Å². The van der Waals surface area contributed by atoms with Crippen molar-refractivity contribution in [3.8, 4) is 0 Å². The van der Waals surface area contributed by atoms with Crippen molar-refractivity contribution in [1.29, 1.82) is 0 Å². The van der Waals surface area contributed by atoms with Gasteiger partial charge in [0.1, 0.15) is 0 Å². The van der Waals surface area contributed by atoms with Gasteiger partial charge in [-0.15, -0.1) is 0 Å². The highest BCUT2D eigenvalue weighted by Crippen LogP contribution is 2.43. The van der Waals surface area contributed by atoms with Crippen LogP contribution in [-0.2, 0) is 0 Å². The lowest BCUT2D eigenvalue weighted by Crippen LogP contribution is -2.59. The fraction of sp³-hybridized carbons (Fsp3) is 0. The topological polar surface area (TPSA) is 2.70 Å². The van der Waals surface area contributed by atoms with Crippen LogP contribution in [-0.4, -0.2) is 6.35 Å². The van der Waals surface area contributed by atoms with E-state index in [9.17, 15) is 0 Å². The van der Waals surface area contributed by atoms with Crippen LogP contribution in [0.5, 0.6) is 0 Å². The summed E-state index contributed by atoms with van der Waals surface area (Å²) in [6, 6.07) is 51.2. The Morgan fingerprint density at radius 2 is 0.921 bits per heavy atom. The number of rotatable bonds is 3. The third-order valence-electron chi connectivity index (χ3n) is 8.44. The summed E-state index contributed by atoms with van der Waals surface area (Å²) in [7, 11) is 0. The van der Waals surface area contributed by atoms with E-state index in [1.54, 1.807) is 0 Å². The van der Waals surface area contributed by atoms with Gasteiger partial charge in [-0.2, -0.15) is 0 Å². The molecule has 7 aromatic rings. The molecule has 0 fully saturated rings. The molecule has 0 aliphatic carbocycles. The maximum atomic E-state index is 3.64. The molecule has 178 valence electrons. The number of fused-ring (bicyclic) bond motifs is 4. The zero-order chi connectivity index (χ0) is 25.1. The summed E-state index contributed by atoms with van der Waals surface area (Å²) in [6.07, 6.45) is 3.00. The van der Waals surface area contributed by atoms with Crippen LogP contribution >= 0.6 is 0 Å². The second-order valence-electron chi connectivity index (χ2n) is 10.4. The van der Waals surface area contributed by atoms with E-state index in [-0.39, 0.29) is 0 Å². The first kappa shape index (κ1) is 21.3. The molecule has 0 spiro atoms. The molecule has 6 aromatic carbocycles. The van der Waals surface area contributed by atoms with Crippen molar-refractivity contribution in [3.05, 3.63) is 157 Å². The van der Waals surface area contributed by atoms with Crippen molar-refractivity contribution in [1.82, 2.24) is 0 Å². The van der Waals surface area contributed by atoms with Crippen LogP contribution in [0.1, 0.15) is 11.3 Å². The van der Waals surface area contributed by atoms with Gasteiger partial charge in [0.15, 0.2) is 12.0 Å². The minimum atomic E-state index is -1.56. The van der Waals surface area contributed by atoms with Crippen LogP contribution in [0.3, 0.4) is 0 Å². The predicted octanol–water partition coefficient (Wildman–Crippen LogP) is 8.13. The minimum absolute atomic E-state index is 1.16. The normalized spacial score (nSPS) is 14.2. The van der Waals surface area contributed by atoms with Gasteiger partial charge in [-0.25, -0.2) is 0 Å². The summed E-state index contributed by atoms with van der Waals surface area (Å²) in [5, 5.41) is 7.54. The van der Waals surface area contributed by atoms with E-state index in [0.29, 0.717) is 0 Å². The van der Waals surface area contributed by atoms with E-state index in [2.05, 4.69) is 156 Å². The summed E-state index contributed by atoms with van der Waals surface area (Å²) < 4.78 is 3.64. The van der Waals surface area contributed by atoms with E-state index < -0.39 is 6.35 Å². The first-order valence-corrected chi connectivity index (χ1v) is 13.3. The van der Waals surface area contributed by atoms with E-state index in [1.165, 1.54) is 54.3 Å². The molecule has 1 aliphatic rings. The summed E-state index contributed by atoms with van der Waals surface area (Å²) in [5.74, 6) is 1.16. The van der Waals surface area contributed by atoms with Crippen molar-refractivity contribution < 1.29 is 3.96 Å². The maximum Gasteiger partial charge on any atom is 0.420 e. The van der Waals surface area contributed by atoms with Gasteiger partial charge in [0.2, 0.25) is 0 Å². The Hall–Kier alpha value is -4.82. The first-order valence-electron chi connectivity index (χ1n) is 13.3. The molecule has 0 atom stereocenters. The standard InChI is InChI=1S/C36H25BO/c1-4-11-29-22-32(16-15-26(29)8-1)36-25-35-14-7-21-38(35)37(36,33-19-17-27-9-2-5-12-30(27)23-33)34-20-18-28-10-3-6-13-31(28)24-34/h1-25H. The fourth-order valence-corrected chi connectivity index (χ4v) is 6.67. The molecule has 38 heavy (non-hydrogen) atoms. The minimum Gasteiger partial charge on any atom is -0.777 e. The highest BCUT2D eigenvalue weighted by Gasteiger charge is 2.49. The molecule has 0 N–H and O–H groups in total. The van der Waals surface area contributed by atoms with Crippen molar-refractivity contribution in [3.63, 3.8) is 0 Å². The van der Waals surface area contributed by atoms with E-state index in [4.69, 9.17) is 0 Å². The smallest absolute Gasteiger partial charge is 0.420 e. The lowest BCUT2D eigenvalue weighted by atomic mass is 9.27. The number of benzene rings is 6. The molecule has 0 saturated carbocycles. The van der Waals surface area contributed by atoms with Gasteiger partial charge in [-0.3, -0.25) is 0 Å². The van der Waals surface area contributed by atoms with Gasteiger partial charge in [0.05, 0.1) is 0 Å². The quantitative estimate of drug-likeness (QED) is 0.176. The molecular weight excluding hydrogens is 459 g/mol. The van der Waals surface area contributed by atoms with Crippen molar-refractivity contribution in [2.24, 2.45) is 0 Å². The molecule has 1 aromatic heterocycles. The van der Waals surface area contributed by atoms with Crippen LogP contribution in [0.15, 0.2) is 150 Å². The zero-order valence-electron chi connectivity index (χ0n) is 20.9. The van der Waals surface area contributed by atoms with Gasteiger partial charge < -0.3 is 3.96 Å². The third-order valence-corrected chi connectivity index (χ3v) is 8.44. The average molecular weight is 484 g/mol. The monoisotopic (exact) mass is 484 g/mol. The Bertz CT molecular complexity index is 1970. The van der Waals surface area contributed by atoms with Gasteiger partial charge in [0.25, 0.3) is 0 Å². The maximum absolute atomic E-state index is 3.64. The first-order chi connectivity index (χ1) is 18.8. The summed E-state index contributed by atoms with van der Waals surface area (Å²) in [4.78, 5) is 0. The van der Waals surface area contributed by atoms with Gasteiger partial charge in [-0.05, 0) is 43.9 Å². The lowest BCUT2D eigenvalue weighted by molar-refractivity contribution is 0.377. The lowest BCUT2D eigenvalue weighted by Gasteiger charge is -2.39. The van der Waals surface area contributed by atoms with E-state index in [1.807, 2.05) is 0 Å². The SMILES string of the molecule is C1=C(c2ccc3ccccc3c2)[B-](c2ccc3ccccc3c2)(c2ccc3ccccc3c2)[o+]2cccc21. The van der Waals surface area contributed by atoms with Crippen molar-refractivity contribution >= 4 is 61.1 Å². The predicted molar refractivity (Wildman–Crippen MR) is 163 cm³/mol. The van der Waals surface area contributed by atoms with Crippen LogP contribution < -0.4 is 10.9 Å². The van der Waals surface area contributed by atoms with Crippen molar-refractivity contribution in [2.75, 3.05) is 0 Å². The highest BCUT2D eigenvalue weighted by molar-refractivity contribution is 7.12. The molecule has 0 amide bonds. The summed E-state index contributed by atoms with van der Waals surface area (Å²) >= 11 is 0. The Labute approximate surface area is 221 Å². The second-order valence-corrected chi connectivity index (χ2v) is 10.4. The highest BCUT2D eigenvalue weighted by atomic mass is 16.5. The Morgan fingerprint density at radius 3 is 1.50 bits per heavy atom. The van der Waals surface area contributed by atoms with E-state index in [0.717, 1.165) is 5.76 Å². The zero-order valence-corrected chi connectivity index (χ0v) is 20.9. The molecule has 0 bridgehead atoms. The van der Waals surface area contributed by atoms with Gasteiger partial charge in [0, 0.05) is 18.2 Å². The number of furan rings is 1. The molecule has 1 aliphatic heterocycles. The molecule has 0 radical (unpaired) electrons. The molecule has 2 heteroatoms. The molecule has 8 rings (SSSR count). The fourth-order valence-electron chi connectivity index (χ4n) is 6.67. The third kappa shape index (κ3) is 3.01. The molecule has 0 unspecified atom stereocenters. The Kier molecular flexibility index (Phi) is 4.53. The summed E-state index contributed by atoms with van der Waals surface area (Å²) in [5.41, 5.74) is 5.15. The molecule has 0 saturated heterocycles. The van der Waals surface area contributed by atoms with Crippen LogP contribution in [0.2, 0.25) is 0 Å². The average Bonchev–Trinajstić information content (AvgIpc) is 3.57. The molecular formula is C36H25BO. The van der Waals surface area contributed by atoms with Crippen LogP contribution in [0, 0.1) is 0 Å². The van der Waals surface area contributed by atoms with Crippen LogP contribution in [0.25, 0.3) is 43.9 Å². The van der Waals surface area contributed by atoms with Gasteiger partial charge >= 0.3 is 6.35 Å². The van der Waals surface area contributed by atoms with Crippen LogP contribution in [0.4, 0.5) is 0 Å². The largest absolute Gasteiger partial charge is 0.777 e. The Balaban J connectivity index is 1.48. The molecule has 1 nitrogen and oxygen atoms in total.